The highest BCUT2D eigenvalue weighted by molar-refractivity contribution is 5.86. The van der Waals surface area contributed by atoms with Crippen molar-refractivity contribution in [3.05, 3.63) is 35.4 Å². The molecule has 1 aliphatic rings. The summed E-state index contributed by atoms with van der Waals surface area (Å²) >= 11 is 0. The van der Waals surface area contributed by atoms with Gasteiger partial charge in [-0.3, -0.25) is 4.79 Å². The summed E-state index contributed by atoms with van der Waals surface area (Å²) in [4.78, 5) is 22.2. The van der Waals surface area contributed by atoms with E-state index < -0.39 is 5.97 Å². The minimum absolute atomic E-state index is 0.0603. The van der Waals surface area contributed by atoms with Crippen LogP contribution in [-0.2, 0) is 9.59 Å². The molecule has 0 radical (unpaired) electrons. The summed E-state index contributed by atoms with van der Waals surface area (Å²) in [6.07, 6.45) is 4.57. The number of hydrogen-bond donors (Lipinski definition) is 2. The average molecular weight is 275 g/mol. The van der Waals surface area contributed by atoms with Gasteiger partial charge in [0.05, 0.1) is 0 Å². The van der Waals surface area contributed by atoms with E-state index in [-0.39, 0.29) is 12.5 Å². The molecule has 2 N–H and O–H groups in total. The molecule has 0 unspecified atom stereocenters. The Morgan fingerprint density at radius 3 is 2.85 bits per heavy atom. The van der Waals surface area contributed by atoms with Crippen LogP contribution in [0.2, 0.25) is 0 Å². The zero-order valence-electron chi connectivity index (χ0n) is 11.3. The number of nitrogens with one attached hydrogen (secondary N) is 1. The van der Waals surface area contributed by atoms with Crippen molar-refractivity contribution in [2.24, 2.45) is 0 Å². The molecule has 1 aromatic rings. The van der Waals surface area contributed by atoms with E-state index >= 15 is 0 Å². The lowest BCUT2D eigenvalue weighted by Gasteiger charge is -2.12. The third kappa shape index (κ3) is 4.12. The van der Waals surface area contributed by atoms with E-state index in [1.165, 1.54) is 6.08 Å². The predicted octanol–water partition coefficient (Wildman–Crippen LogP) is 1.75. The number of amides is 1. The second-order valence-electron chi connectivity index (χ2n) is 4.80. The minimum atomic E-state index is -1.02. The van der Waals surface area contributed by atoms with Crippen molar-refractivity contribution in [2.75, 3.05) is 6.61 Å². The summed E-state index contributed by atoms with van der Waals surface area (Å²) < 4.78 is 5.53. The van der Waals surface area contributed by atoms with Crippen LogP contribution < -0.4 is 10.1 Å². The molecule has 0 spiro atoms. The van der Waals surface area contributed by atoms with E-state index in [0.717, 1.165) is 24.5 Å². The van der Waals surface area contributed by atoms with Crippen LogP contribution in [0.5, 0.6) is 5.75 Å². The fraction of sp³-hybridized carbons (Fsp3) is 0.333. The topological polar surface area (TPSA) is 75.6 Å². The molecule has 1 aromatic carbocycles. The molecule has 0 bridgehead atoms. The maximum absolute atomic E-state index is 11.6. The summed E-state index contributed by atoms with van der Waals surface area (Å²) in [5, 5.41) is 11.5. The van der Waals surface area contributed by atoms with E-state index in [0.29, 0.717) is 17.4 Å². The van der Waals surface area contributed by atoms with Gasteiger partial charge in [0.15, 0.2) is 6.61 Å². The van der Waals surface area contributed by atoms with Crippen LogP contribution in [0.1, 0.15) is 24.0 Å². The van der Waals surface area contributed by atoms with Gasteiger partial charge in [0.2, 0.25) is 0 Å². The van der Waals surface area contributed by atoms with Crippen molar-refractivity contribution in [2.45, 2.75) is 25.8 Å². The molecule has 1 amide bonds. The number of rotatable bonds is 6. The van der Waals surface area contributed by atoms with Gasteiger partial charge in [0, 0.05) is 17.7 Å². The number of aryl methyl sites for hydroxylation is 1. The lowest BCUT2D eigenvalue weighted by atomic mass is 10.1. The Labute approximate surface area is 117 Å². The summed E-state index contributed by atoms with van der Waals surface area (Å²) in [6, 6.07) is 5.72. The molecule has 106 valence electrons. The first-order valence-corrected chi connectivity index (χ1v) is 6.49. The van der Waals surface area contributed by atoms with Crippen molar-refractivity contribution >= 4 is 18.0 Å². The first kappa shape index (κ1) is 14.1. The normalized spacial score (nSPS) is 14.2. The number of para-hydroxylation sites is 1. The molecular formula is C15H17NO4. The van der Waals surface area contributed by atoms with Crippen molar-refractivity contribution in [3.8, 4) is 5.75 Å². The summed E-state index contributed by atoms with van der Waals surface area (Å²) in [5.41, 5.74) is 1.50. The van der Waals surface area contributed by atoms with Gasteiger partial charge < -0.3 is 15.2 Å². The van der Waals surface area contributed by atoms with E-state index in [2.05, 4.69) is 5.32 Å². The number of carboxylic acid groups (broad SMARTS) is 1. The standard InChI is InChI=1S/C15H17NO4/c1-10-3-2-4-11(5-8-14(18)19)15(10)20-9-13(17)16-12-6-7-12/h2-5,8,12H,6-7,9H2,1H3,(H,16,17)(H,18,19)/b8-5+. The van der Waals surface area contributed by atoms with Gasteiger partial charge in [0.1, 0.15) is 5.75 Å². The van der Waals surface area contributed by atoms with E-state index in [1.54, 1.807) is 6.07 Å². The van der Waals surface area contributed by atoms with Crippen LogP contribution in [-0.4, -0.2) is 29.6 Å². The zero-order chi connectivity index (χ0) is 14.5. The largest absolute Gasteiger partial charge is 0.483 e. The molecule has 0 atom stereocenters. The van der Waals surface area contributed by atoms with Crippen LogP contribution in [0.3, 0.4) is 0 Å². The Kier molecular flexibility index (Phi) is 4.40. The monoisotopic (exact) mass is 275 g/mol. The van der Waals surface area contributed by atoms with Crippen LogP contribution in [0, 0.1) is 6.92 Å². The minimum Gasteiger partial charge on any atom is -0.483 e. The summed E-state index contributed by atoms with van der Waals surface area (Å²) in [7, 11) is 0. The van der Waals surface area contributed by atoms with Gasteiger partial charge in [-0.2, -0.15) is 0 Å². The van der Waals surface area contributed by atoms with Crippen molar-refractivity contribution in [1.82, 2.24) is 5.32 Å². The van der Waals surface area contributed by atoms with E-state index in [9.17, 15) is 9.59 Å². The second-order valence-corrected chi connectivity index (χ2v) is 4.80. The molecule has 0 aliphatic heterocycles. The van der Waals surface area contributed by atoms with Gasteiger partial charge in [-0.1, -0.05) is 18.2 Å². The van der Waals surface area contributed by atoms with E-state index in [1.807, 2.05) is 19.1 Å². The van der Waals surface area contributed by atoms with Gasteiger partial charge in [-0.25, -0.2) is 4.79 Å². The maximum atomic E-state index is 11.6. The first-order valence-electron chi connectivity index (χ1n) is 6.49. The summed E-state index contributed by atoms with van der Waals surface area (Å²) in [5.74, 6) is -0.635. The number of carbonyl (C=O) groups is 2. The zero-order valence-corrected chi connectivity index (χ0v) is 11.3. The number of aliphatic carboxylic acids is 1. The summed E-state index contributed by atoms with van der Waals surface area (Å²) in [6.45, 7) is 1.79. The van der Waals surface area contributed by atoms with Crippen LogP contribution in [0.15, 0.2) is 24.3 Å². The SMILES string of the molecule is Cc1cccc(/C=C/C(=O)O)c1OCC(=O)NC1CC1. The highest BCUT2D eigenvalue weighted by Crippen LogP contribution is 2.25. The highest BCUT2D eigenvalue weighted by Gasteiger charge is 2.23. The molecule has 5 heteroatoms. The van der Waals surface area contributed by atoms with Crippen molar-refractivity contribution < 1.29 is 19.4 Å². The fourth-order valence-corrected chi connectivity index (χ4v) is 1.80. The fourth-order valence-electron chi connectivity index (χ4n) is 1.80. The molecular weight excluding hydrogens is 258 g/mol. The Hall–Kier alpha value is -2.30. The average Bonchev–Trinajstić information content (AvgIpc) is 3.19. The molecule has 0 aromatic heterocycles. The maximum Gasteiger partial charge on any atom is 0.328 e. The number of ether oxygens (including phenoxy) is 1. The lowest BCUT2D eigenvalue weighted by molar-refractivity contribution is -0.131. The highest BCUT2D eigenvalue weighted by atomic mass is 16.5. The van der Waals surface area contributed by atoms with Crippen molar-refractivity contribution in [3.63, 3.8) is 0 Å². The number of hydrogen-bond acceptors (Lipinski definition) is 3. The number of benzene rings is 1. The molecule has 1 saturated carbocycles. The Balaban J connectivity index is 2.04. The lowest BCUT2D eigenvalue weighted by Crippen LogP contribution is -2.30. The van der Waals surface area contributed by atoms with E-state index in [4.69, 9.17) is 9.84 Å². The van der Waals surface area contributed by atoms with Gasteiger partial charge in [-0.15, -0.1) is 0 Å². The Morgan fingerprint density at radius 2 is 2.20 bits per heavy atom. The molecule has 1 fully saturated rings. The molecule has 2 rings (SSSR count). The van der Waals surface area contributed by atoms with Gasteiger partial charge in [0.25, 0.3) is 5.91 Å². The number of carbonyl (C=O) groups excluding carboxylic acids is 1. The van der Waals surface area contributed by atoms with Crippen LogP contribution in [0.25, 0.3) is 6.08 Å². The van der Waals surface area contributed by atoms with Crippen LogP contribution in [0.4, 0.5) is 0 Å². The first-order chi connectivity index (χ1) is 9.56. The Morgan fingerprint density at radius 1 is 1.45 bits per heavy atom. The third-order valence-corrected chi connectivity index (χ3v) is 2.94. The molecule has 0 saturated heterocycles. The number of carboxylic acids is 1. The van der Waals surface area contributed by atoms with Gasteiger partial charge >= 0.3 is 5.97 Å². The Bertz CT molecular complexity index is 547. The van der Waals surface area contributed by atoms with Crippen LogP contribution >= 0.6 is 0 Å². The quantitative estimate of drug-likeness (QED) is 0.776. The smallest absolute Gasteiger partial charge is 0.328 e. The third-order valence-electron chi connectivity index (χ3n) is 2.94. The van der Waals surface area contributed by atoms with Gasteiger partial charge in [-0.05, 0) is 31.4 Å². The molecule has 1 aliphatic carbocycles. The molecule has 5 nitrogen and oxygen atoms in total. The predicted molar refractivity (Wildman–Crippen MR) is 74.5 cm³/mol. The molecule has 20 heavy (non-hydrogen) atoms. The second kappa shape index (κ2) is 6.23. The molecule has 0 heterocycles. The van der Waals surface area contributed by atoms with Crippen molar-refractivity contribution in [1.29, 1.82) is 0 Å².